The van der Waals surface area contributed by atoms with Crippen LogP contribution < -0.4 is 10.6 Å². The second-order valence-corrected chi connectivity index (χ2v) is 8.05. The number of amidine groups is 1. The van der Waals surface area contributed by atoms with Crippen LogP contribution in [0.2, 0.25) is 0 Å². The third-order valence-corrected chi connectivity index (χ3v) is 5.71. The number of ketones is 1. The molecule has 0 saturated heterocycles. The summed E-state index contributed by atoms with van der Waals surface area (Å²) in [7, 11) is 0. The van der Waals surface area contributed by atoms with Crippen molar-refractivity contribution >= 4 is 54.1 Å². The van der Waals surface area contributed by atoms with Crippen LogP contribution in [0.15, 0.2) is 42.5 Å². The van der Waals surface area contributed by atoms with E-state index in [1.807, 2.05) is 12.1 Å². The van der Waals surface area contributed by atoms with Crippen LogP contribution in [0.3, 0.4) is 0 Å². The molecule has 0 saturated carbocycles. The Kier molecular flexibility index (Phi) is 6.69. The van der Waals surface area contributed by atoms with E-state index in [9.17, 15) is 22.8 Å². The predicted molar refractivity (Wildman–Crippen MR) is 105 cm³/mol. The summed E-state index contributed by atoms with van der Waals surface area (Å²) in [6.07, 6.45) is -4.58. The summed E-state index contributed by atoms with van der Waals surface area (Å²) in [5, 5.41) is 7.93. The van der Waals surface area contributed by atoms with E-state index in [2.05, 4.69) is 0 Å². The van der Waals surface area contributed by atoms with Crippen LogP contribution in [0.1, 0.15) is 27.0 Å². The van der Waals surface area contributed by atoms with Crippen molar-refractivity contribution in [2.45, 2.75) is 18.0 Å². The van der Waals surface area contributed by atoms with E-state index in [-0.39, 0.29) is 54.5 Å². The summed E-state index contributed by atoms with van der Waals surface area (Å²) in [4.78, 5) is 25.5. The maximum atomic E-state index is 12.8. The van der Waals surface area contributed by atoms with E-state index >= 15 is 0 Å². The van der Waals surface area contributed by atoms with Crippen molar-refractivity contribution in [3.05, 3.63) is 64.7 Å². The van der Waals surface area contributed by atoms with Crippen molar-refractivity contribution in [2.75, 3.05) is 4.90 Å². The van der Waals surface area contributed by atoms with Gasteiger partial charge in [-0.15, -0.1) is 17.0 Å². The SMILES string of the molecule is Br.N=C(N)[Se]Cc1ccc(CN2C(=O)C(=O)c3cc(C(F)(F)F)ccc32)cc1. The minimum atomic E-state index is -4.58. The summed E-state index contributed by atoms with van der Waals surface area (Å²) < 4.78 is 38.7. The van der Waals surface area contributed by atoms with Crippen LogP contribution in [0, 0.1) is 5.41 Å². The number of carbonyl (C=O) groups excluding carboxylic acids is 2. The molecule has 10 heteroatoms. The predicted octanol–water partition coefficient (Wildman–Crippen LogP) is 3.11. The number of carbonyl (C=O) groups is 2. The van der Waals surface area contributed by atoms with Crippen LogP contribution in [-0.2, 0) is 22.8 Å². The van der Waals surface area contributed by atoms with Gasteiger partial charge in [-0.1, -0.05) is 0 Å². The second-order valence-electron chi connectivity index (χ2n) is 5.92. The molecule has 0 aliphatic carbocycles. The number of hydrogen-bond acceptors (Lipinski definition) is 3. The number of benzene rings is 2. The molecule has 1 heterocycles. The molecule has 28 heavy (non-hydrogen) atoms. The number of fused-ring (bicyclic) bond motifs is 1. The Labute approximate surface area is 175 Å². The first-order chi connectivity index (χ1) is 12.7. The number of alkyl halides is 3. The Morgan fingerprint density at radius 3 is 2.25 bits per heavy atom. The van der Waals surface area contributed by atoms with E-state index in [1.165, 1.54) is 4.90 Å². The molecule has 0 bridgehead atoms. The van der Waals surface area contributed by atoms with Gasteiger partial charge in [-0.3, -0.25) is 0 Å². The molecule has 3 rings (SSSR count). The molecule has 148 valence electrons. The van der Waals surface area contributed by atoms with Gasteiger partial charge < -0.3 is 0 Å². The number of hydrogen-bond donors (Lipinski definition) is 2. The molecule has 5 nitrogen and oxygen atoms in total. The summed E-state index contributed by atoms with van der Waals surface area (Å²) in [5.41, 5.74) is 6.09. The number of nitrogens with two attached hydrogens (primary N) is 1. The average molecular weight is 521 g/mol. The summed E-state index contributed by atoms with van der Waals surface area (Å²) in [6.45, 7) is 0.0844. The molecule has 0 fully saturated rings. The molecule has 1 aliphatic rings. The van der Waals surface area contributed by atoms with Crippen LogP contribution in [0.4, 0.5) is 18.9 Å². The van der Waals surface area contributed by atoms with Crippen LogP contribution in [0.25, 0.3) is 0 Å². The molecule has 0 aromatic heterocycles. The zero-order valence-corrected chi connectivity index (χ0v) is 17.7. The Morgan fingerprint density at radius 1 is 1.07 bits per heavy atom. The summed E-state index contributed by atoms with van der Waals surface area (Å²) in [6, 6.07) is 10.0. The summed E-state index contributed by atoms with van der Waals surface area (Å²) >= 11 is -0.117. The molecule has 3 N–H and O–H groups in total. The maximum absolute atomic E-state index is 12.8. The Hall–Kier alpha value is -2.16. The zero-order valence-electron chi connectivity index (χ0n) is 14.2. The molecular formula is C18H15BrF3N3O2Se. The average Bonchev–Trinajstić information content (AvgIpc) is 2.85. The van der Waals surface area contributed by atoms with Crippen LogP contribution >= 0.6 is 17.0 Å². The number of rotatable bonds is 5. The molecule has 1 aliphatic heterocycles. The number of nitrogens with zero attached hydrogens (tertiary/aromatic N) is 1. The molecular weight excluding hydrogens is 506 g/mol. The molecule has 0 spiro atoms. The van der Waals surface area contributed by atoms with Gasteiger partial charge in [0.25, 0.3) is 0 Å². The summed E-state index contributed by atoms with van der Waals surface area (Å²) in [5.74, 6) is -1.77. The number of nitrogens with one attached hydrogen (secondary N) is 1. The van der Waals surface area contributed by atoms with Crippen LogP contribution in [0.5, 0.6) is 0 Å². The first kappa shape index (κ1) is 22.1. The van der Waals surface area contributed by atoms with E-state index in [1.54, 1.807) is 12.1 Å². The fourth-order valence-electron chi connectivity index (χ4n) is 2.72. The van der Waals surface area contributed by atoms with Gasteiger partial charge in [-0.25, -0.2) is 0 Å². The Morgan fingerprint density at radius 2 is 1.68 bits per heavy atom. The van der Waals surface area contributed by atoms with Gasteiger partial charge >= 0.3 is 145 Å². The number of halogens is 4. The number of Topliss-reactive ketones (excluding diaryl/α,β-unsaturated/α-hetero) is 1. The van der Waals surface area contributed by atoms with Gasteiger partial charge in [0.15, 0.2) is 0 Å². The van der Waals surface area contributed by atoms with E-state index < -0.39 is 23.4 Å². The second kappa shape index (κ2) is 8.46. The van der Waals surface area contributed by atoms with Crippen molar-refractivity contribution in [3.63, 3.8) is 0 Å². The van der Waals surface area contributed by atoms with Crippen molar-refractivity contribution in [2.24, 2.45) is 5.73 Å². The van der Waals surface area contributed by atoms with Gasteiger partial charge in [-0.05, 0) is 0 Å². The molecule has 2 aromatic rings. The fraction of sp³-hybridized carbons (Fsp3) is 0.167. The molecule has 0 atom stereocenters. The topological polar surface area (TPSA) is 87.2 Å². The number of anilines is 1. The third kappa shape index (κ3) is 4.63. The Bertz CT molecular complexity index is 933. The van der Waals surface area contributed by atoms with Crippen molar-refractivity contribution in [1.29, 1.82) is 5.41 Å². The van der Waals surface area contributed by atoms with Crippen molar-refractivity contribution in [3.8, 4) is 0 Å². The fourth-order valence-corrected chi connectivity index (χ4v) is 3.80. The van der Waals surface area contributed by atoms with E-state index in [0.717, 1.165) is 29.3 Å². The van der Waals surface area contributed by atoms with Gasteiger partial charge in [0, 0.05) is 0 Å². The standard InChI is InChI=1S/C18H14F3N3O2Se.BrH/c19-18(20,21)12-5-6-14-13(7-12)15(25)16(26)24(14)8-10-1-3-11(4-2-10)9-27-17(22)23;/h1-7H,8-9H2,(H3,22,23);1H. The van der Waals surface area contributed by atoms with E-state index in [0.29, 0.717) is 5.32 Å². The molecule has 0 unspecified atom stereocenters. The Balaban J connectivity index is 0.00000280. The molecule has 1 amide bonds. The minimum absolute atomic E-state index is 0. The molecule has 0 radical (unpaired) electrons. The first-order valence-corrected chi connectivity index (χ1v) is 9.85. The van der Waals surface area contributed by atoms with Crippen molar-refractivity contribution in [1.82, 2.24) is 0 Å². The zero-order chi connectivity index (χ0) is 19.8. The monoisotopic (exact) mass is 521 g/mol. The van der Waals surface area contributed by atoms with E-state index in [4.69, 9.17) is 11.1 Å². The van der Waals surface area contributed by atoms with Gasteiger partial charge in [0.2, 0.25) is 0 Å². The van der Waals surface area contributed by atoms with Gasteiger partial charge in [-0.2, -0.15) is 13.2 Å². The third-order valence-electron chi connectivity index (χ3n) is 4.06. The van der Waals surface area contributed by atoms with Gasteiger partial charge in [0.05, 0.1) is 0 Å². The van der Waals surface area contributed by atoms with Gasteiger partial charge in [0.1, 0.15) is 0 Å². The normalized spacial score (nSPS) is 13.3. The van der Waals surface area contributed by atoms with Crippen LogP contribution in [-0.4, -0.2) is 31.4 Å². The quantitative estimate of drug-likeness (QED) is 0.275. The first-order valence-electron chi connectivity index (χ1n) is 7.79. The van der Waals surface area contributed by atoms with Crippen molar-refractivity contribution < 1.29 is 22.8 Å². The number of amides is 1. The molecule has 2 aromatic carbocycles.